The summed E-state index contributed by atoms with van der Waals surface area (Å²) in [5, 5.41) is 8.52. The lowest BCUT2D eigenvalue weighted by Gasteiger charge is -2.29. The number of halogens is 1. The molecule has 162 valence electrons. The molecule has 2 amide bonds. The molecule has 0 spiro atoms. The van der Waals surface area contributed by atoms with Gasteiger partial charge in [0.05, 0.1) is 18.2 Å². The Morgan fingerprint density at radius 1 is 1.19 bits per heavy atom. The van der Waals surface area contributed by atoms with Gasteiger partial charge in [-0.1, -0.05) is 24.3 Å². The molecule has 0 fully saturated rings. The molecule has 0 radical (unpaired) electrons. The summed E-state index contributed by atoms with van der Waals surface area (Å²) in [6.45, 7) is 2.36. The van der Waals surface area contributed by atoms with Gasteiger partial charge in [-0.05, 0) is 30.7 Å². The largest absolute Gasteiger partial charge is 0.463 e. The van der Waals surface area contributed by atoms with Gasteiger partial charge in [-0.3, -0.25) is 0 Å². The number of urea groups is 1. The summed E-state index contributed by atoms with van der Waals surface area (Å²) in [5.74, 6) is 0.243. The Labute approximate surface area is 178 Å². The average molecular weight is 427 g/mol. The standard InChI is InChI=1S/C22H22FN3O5/c1-2-29-21(27)19-16(11-24-10-14-5-3-4-6-15(14)23)25-22(28)26-20(19)13-7-8-17-18(9-13)31-12-30-17/h3-9,20,24H,2,10-12H2,1H3,(H2,25,26,28). The van der Waals surface area contributed by atoms with Crippen molar-refractivity contribution >= 4 is 12.0 Å². The lowest BCUT2D eigenvalue weighted by atomic mass is 9.94. The molecule has 2 aromatic carbocycles. The zero-order valence-electron chi connectivity index (χ0n) is 16.9. The highest BCUT2D eigenvalue weighted by Gasteiger charge is 2.34. The van der Waals surface area contributed by atoms with Crippen LogP contribution in [-0.4, -0.2) is 31.9 Å². The number of fused-ring (bicyclic) bond motifs is 1. The van der Waals surface area contributed by atoms with Crippen molar-refractivity contribution in [2.45, 2.75) is 19.5 Å². The number of ether oxygens (including phenoxy) is 3. The van der Waals surface area contributed by atoms with Crippen LogP contribution in [0.15, 0.2) is 53.7 Å². The summed E-state index contributed by atoms with van der Waals surface area (Å²) in [7, 11) is 0. The first-order valence-corrected chi connectivity index (χ1v) is 9.88. The highest BCUT2D eigenvalue weighted by molar-refractivity contribution is 5.95. The molecule has 9 heteroatoms. The van der Waals surface area contributed by atoms with E-state index in [1.54, 1.807) is 43.3 Å². The molecule has 8 nitrogen and oxygen atoms in total. The number of carbonyl (C=O) groups is 2. The van der Waals surface area contributed by atoms with E-state index in [-0.39, 0.29) is 37.9 Å². The summed E-state index contributed by atoms with van der Waals surface area (Å²) in [6.07, 6.45) is 0. The smallest absolute Gasteiger partial charge is 0.338 e. The molecular weight excluding hydrogens is 405 g/mol. The summed E-state index contributed by atoms with van der Waals surface area (Å²) in [4.78, 5) is 25.2. The van der Waals surface area contributed by atoms with Gasteiger partial charge in [0.1, 0.15) is 5.82 Å². The zero-order chi connectivity index (χ0) is 21.8. The summed E-state index contributed by atoms with van der Waals surface area (Å²) < 4.78 is 29.9. The number of amides is 2. The molecule has 0 aliphatic carbocycles. The van der Waals surface area contributed by atoms with E-state index in [1.165, 1.54) is 6.07 Å². The minimum Gasteiger partial charge on any atom is -0.463 e. The molecule has 0 saturated carbocycles. The quantitative estimate of drug-likeness (QED) is 0.588. The van der Waals surface area contributed by atoms with Gasteiger partial charge >= 0.3 is 12.0 Å². The topological polar surface area (TPSA) is 97.9 Å². The van der Waals surface area contributed by atoms with Crippen LogP contribution in [0.5, 0.6) is 11.5 Å². The summed E-state index contributed by atoms with van der Waals surface area (Å²) in [5.41, 5.74) is 1.75. The second-order valence-corrected chi connectivity index (χ2v) is 6.95. The lowest BCUT2D eigenvalue weighted by Crippen LogP contribution is -2.48. The molecule has 4 rings (SSSR count). The molecule has 2 heterocycles. The van der Waals surface area contributed by atoms with Crippen LogP contribution in [0.2, 0.25) is 0 Å². The average Bonchev–Trinajstić information content (AvgIpc) is 3.22. The van der Waals surface area contributed by atoms with Gasteiger partial charge in [0, 0.05) is 24.4 Å². The predicted molar refractivity (Wildman–Crippen MR) is 109 cm³/mol. The normalized spacial score (nSPS) is 17.2. The predicted octanol–water partition coefficient (Wildman–Crippen LogP) is 2.52. The SMILES string of the molecule is CCOC(=O)C1=C(CNCc2ccccc2F)NC(=O)NC1c1ccc2c(c1)OCO2. The third-order valence-corrected chi connectivity index (χ3v) is 4.95. The Hall–Kier alpha value is -3.59. The van der Waals surface area contributed by atoms with Gasteiger partial charge in [0.15, 0.2) is 11.5 Å². The number of carbonyl (C=O) groups excluding carboxylic acids is 2. The highest BCUT2D eigenvalue weighted by atomic mass is 19.1. The van der Waals surface area contributed by atoms with Crippen molar-refractivity contribution in [2.75, 3.05) is 19.9 Å². The second-order valence-electron chi connectivity index (χ2n) is 6.95. The van der Waals surface area contributed by atoms with Crippen molar-refractivity contribution in [3.8, 4) is 11.5 Å². The Morgan fingerprint density at radius 2 is 2.00 bits per heavy atom. The van der Waals surface area contributed by atoms with Gasteiger partial charge in [-0.25, -0.2) is 14.0 Å². The van der Waals surface area contributed by atoms with Crippen molar-refractivity contribution in [1.82, 2.24) is 16.0 Å². The van der Waals surface area contributed by atoms with Crippen LogP contribution in [0.25, 0.3) is 0 Å². The lowest BCUT2D eigenvalue weighted by molar-refractivity contribution is -0.139. The molecule has 1 atom stereocenters. The summed E-state index contributed by atoms with van der Waals surface area (Å²) >= 11 is 0. The van der Waals surface area contributed by atoms with E-state index < -0.39 is 18.0 Å². The fourth-order valence-corrected chi connectivity index (χ4v) is 3.51. The van der Waals surface area contributed by atoms with Crippen LogP contribution in [-0.2, 0) is 16.1 Å². The molecular formula is C22H22FN3O5. The van der Waals surface area contributed by atoms with Gasteiger partial charge in [0.2, 0.25) is 6.79 Å². The second kappa shape index (κ2) is 9.05. The molecule has 2 aliphatic heterocycles. The number of esters is 1. The number of benzene rings is 2. The Morgan fingerprint density at radius 3 is 2.81 bits per heavy atom. The van der Waals surface area contributed by atoms with E-state index in [9.17, 15) is 14.0 Å². The minimum atomic E-state index is -0.743. The monoisotopic (exact) mass is 427 g/mol. The molecule has 3 N–H and O–H groups in total. The Kier molecular flexibility index (Phi) is 6.03. The number of hydrogen-bond acceptors (Lipinski definition) is 6. The molecule has 1 unspecified atom stereocenters. The van der Waals surface area contributed by atoms with Crippen molar-refractivity contribution in [1.29, 1.82) is 0 Å². The number of hydrogen-bond donors (Lipinski definition) is 3. The molecule has 31 heavy (non-hydrogen) atoms. The van der Waals surface area contributed by atoms with Crippen molar-refractivity contribution in [2.24, 2.45) is 0 Å². The van der Waals surface area contributed by atoms with Crippen LogP contribution in [0, 0.1) is 5.82 Å². The van der Waals surface area contributed by atoms with Crippen LogP contribution in [0.3, 0.4) is 0 Å². The van der Waals surface area contributed by atoms with E-state index in [4.69, 9.17) is 14.2 Å². The maximum Gasteiger partial charge on any atom is 0.338 e. The number of rotatable bonds is 7. The van der Waals surface area contributed by atoms with Crippen molar-refractivity contribution in [3.63, 3.8) is 0 Å². The summed E-state index contributed by atoms with van der Waals surface area (Å²) in [6, 6.07) is 10.4. The Bertz CT molecular complexity index is 1040. The van der Waals surface area contributed by atoms with E-state index in [0.29, 0.717) is 28.3 Å². The highest BCUT2D eigenvalue weighted by Crippen LogP contribution is 2.37. The number of nitrogens with one attached hydrogen (secondary N) is 3. The zero-order valence-corrected chi connectivity index (χ0v) is 16.9. The van der Waals surface area contributed by atoms with Gasteiger partial charge < -0.3 is 30.2 Å². The van der Waals surface area contributed by atoms with Crippen LogP contribution >= 0.6 is 0 Å². The third-order valence-electron chi connectivity index (χ3n) is 4.95. The van der Waals surface area contributed by atoms with Gasteiger partial charge in [-0.15, -0.1) is 0 Å². The fourth-order valence-electron chi connectivity index (χ4n) is 3.51. The van der Waals surface area contributed by atoms with Crippen LogP contribution in [0.4, 0.5) is 9.18 Å². The molecule has 0 bridgehead atoms. The van der Waals surface area contributed by atoms with E-state index in [1.807, 2.05) is 0 Å². The molecule has 2 aromatic rings. The first-order chi connectivity index (χ1) is 15.1. The molecule has 0 aromatic heterocycles. The van der Waals surface area contributed by atoms with E-state index in [0.717, 1.165) is 0 Å². The van der Waals surface area contributed by atoms with Crippen LogP contribution in [0.1, 0.15) is 24.1 Å². The van der Waals surface area contributed by atoms with Crippen LogP contribution < -0.4 is 25.4 Å². The van der Waals surface area contributed by atoms with Crippen molar-refractivity contribution < 1.29 is 28.2 Å². The van der Waals surface area contributed by atoms with Gasteiger partial charge in [0.25, 0.3) is 0 Å². The van der Waals surface area contributed by atoms with Gasteiger partial charge in [-0.2, -0.15) is 0 Å². The first kappa shape index (κ1) is 20.7. The first-order valence-electron chi connectivity index (χ1n) is 9.88. The Balaban J connectivity index is 1.62. The fraction of sp³-hybridized carbons (Fsp3) is 0.273. The van der Waals surface area contributed by atoms with E-state index >= 15 is 0 Å². The molecule has 0 saturated heterocycles. The van der Waals surface area contributed by atoms with E-state index in [2.05, 4.69) is 16.0 Å². The minimum absolute atomic E-state index is 0.114. The molecule has 2 aliphatic rings. The van der Waals surface area contributed by atoms with Crippen molar-refractivity contribution in [3.05, 3.63) is 70.7 Å². The maximum absolute atomic E-state index is 13.9. The third kappa shape index (κ3) is 4.46. The maximum atomic E-state index is 13.9.